The van der Waals surface area contributed by atoms with Gasteiger partial charge in [0.1, 0.15) is 23.5 Å². The van der Waals surface area contributed by atoms with Gasteiger partial charge in [0.05, 0.1) is 12.1 Å². The first kappa shape index (κ1) is 18.3. The largest absolute Gasteiger partial charge is 0.474 e. The summed E-state index contributed by atoms with van der Waals surface area (Å²) >= 11 is 6.18. The van der Waals surface area contributed by atoms with E-state index in [9.17, 15) is 4.79 Å². The Kier molecular flexibility index (Phi) is 4.79. The van der Waals surface area contributed by atoms with Gasteiger partial charge in [-0.25, -0.2) is 4.98 Å². The molecule has 0 atom stereocenters. The summed E-state index contributed by atoms with van der Waals surface area (Å²) in [6.07, 6.45) is 6.41. The van der Waals surface area contributed by atoms with Crippen molar-refractivity contribution < 1.29 is 9.53 Å². The van der Waals surface area contributed by atoms with Crippen LogP contribution in [0.4, 0.5) is 0 Å². The average Bonchev–Trinajstić information content (AvgIpc) is 3.06. The monoisotopic (exact) mass is 408 g/mol. The van der Waals surface area contributed by atoms with Crippen molar-refractivity contribution in [1.82, 2.24) is 19.7 Å². The molecule has 2 aliphatic rings. The lowest BCUT2D eigenvalue weighted by Crippen LogP contribution is -2.25. The molecule has 3 aromatic rings. The number of carbonyl (C=O) groups excluding carboxylic acids is 1. The fraction of sp³-hybridized carbons (Fsp3) is 0.364. The quantitative estimate of drug-likeness (QED) is 0.652. The summed E-state index contributed by atoms with van der Waals surface area (Å²) in [4.78, 5) is 16.6. The molecule has 5 rings (SSSR count). The minimum Gasteiger partial charge on any atom is -0.474 e. The van der Waals surface area contributed by atoms with Gasteiger partial charge >= 0.3 is 0 Å². The molecule has 2 aromatic heterocycles. The molecule has 29 heavy (non-hydrogen) atoms. The van der Waals surface area contributed by atoms with Gasteiger partial charge < -0.3 is 4.74 Å². The number of carbonyl (C=O) groups is 1. The van der Waals surface area contributed by atoms with Gasteiger partial charge in [0.15, 0.2) is 0 Å². The predicted molar refractivity (Wildman–Crippen MR) is 109 cm³/mol. The standard InChI is InChI=1S/C22H21ClN4O2/c23-16-6-9-19-15(11-16)12-17(28)13-20-25-26-22(27(19)20)14-4-7-18(8-5-14)29-21-3-1-2-10-24-21/h1-3,6,9-11,14,18H,4-5,7-8,12-13H2/t14-,18-. The normalized spacial score (nSPS) is 21.2. The van der Waals surface area contributed by atoms with Crippen LogP contribution in [0.1, 0.15) is 48.8 Å². The van der Waals surface area contributed by atoms with Gasteiger partial charge in [-0.2, -0.15) is 0 Å². The Balaban J connectivity index is 1.39. The van der Waals surface area contributed by atoms with Gasteiger partial charge in [-0.1, -0.05) is 17.7 Å². The first-order valence-corrected chi connectivity index (χ1v) is 10.4. The summed E-state index contributed by atoms with van der Waals surface area (Å²) in [5.41, 5.74) is 1.91. The summed E-state index contributed by atoms with van der Waals surface area (Å²) in [6.45, 7) is 0. The molecule has 0 radical (unpaired) electrons. The van der Waals surface area contributed by atoms with Gasteiger partial charge in [0.2, 0.25) is 5.88 Å². The second kappa shape index (κ2) is 7.59. The molecule has 1 saturated carbocycles. The zero-order valence-corrected chi connectivity index (χ0v) is 16.7. The van der Waals surface area contributed by atoms with E-state index < -0.39 is 0 Å². The Morgan fingerprint density at radius 1 is 1.03 bits per heavy atom. The van der Waals surface area contributed by atoms with Crippen molar-refractivity contribution in [3.63, 3.8) is 0 Å². The summed E-state index contributed by atoms with van der Waals surface area (Å²) in [5.74, 6) is 2.76. The van der Waals surface area contributed by atoms with E-state index in [4.69, 9.17) is 16.3 Å². The van der Waals surface area contributed by atoms with Gasteiger partial charge in [-0.3, -0.25) is 9.36 Å². The number of pyridine rings is 1. The van der Waals surface area contributed by atoms with Crippen molar-refractivity contribution in [2.45, 2.75) is 50.5 Å². The molecular formula is C22H21ClN4O2. The molecule has 6 nitrogen and oxygen atoms in total. The van der Waals surface area contributed by atoms with Crippen molar-refractivity contribution in [3.8, 4) is 11.6 Å². The van der Waals surface area contributed by atoms with E-state index in [1.165, 1.54) is 0 Å². The fourth-order valence-corrected chi connectivity index (χ4v) is 4.56. The van der Waals surface area contributed by atoms with Crippen LogP contribution in [0.25, 0.3) is 5.69 Å². The highest BCUT2D eigenvalue weighted by molar-refractivity contribution is 6.30. The molecule has 0 N–H and O–H groups in total. The topological polar surface area (TPSA) is 69.9 Å². The van der Waals surface area contributed by atoms with Gasteiger partial charge in [-0.05, 0) is 55.5 Å². The number of ether oxygens (including phenoxy) is 1. The second-order valence-corrected chi connectivity index (χ2v) is 8.17. The average molecular weight is 409 g/mol. The summed E-state index contributed by atoms with van der Waals surface area (Å²) in [7, 11) is 0. The number of Topliss-reactive ketones (excluding diaryl/α,β-unsaturated/α-hetero) is 1. The Morgan fingerprint density at radius 2 is 1.90 bits per heavy atom. The van der Waals surface area contributed by atoms with Crippen LogP contribution in [0.15, 0.2) is 42.6 Å². The number of hydrogen-bond acceptors (Lipinski definition) is 5. The maximum atomic E-state index is 12.4. The number of nitrogens with zero attached hydrogens (tertiary/aromatic N) is 4. The van der Waals surface area contributed by atoms with Crippen molar-refractivity contribution in [2.75, 3.05) is 0 Å². The zero-order chi connectivity index (χ0) is 19.8. The Bertz CT molecular complexity index is 1040. The number of hydrogen-bond donors (Lipinski definition) is 0. The SMILES string of the molecule is O=C1Cc2cc(Cl)ccc2-n2c(nnc2[C@H]2CC[C@H](Oc3ccccn3)CC2)C1. The van der Waals surface area contributed by atoms with Crippen LogP contribution in [-0.4, -0.2) is 31.6 Å². The van der Waals surface area contributed by atoms with Gasteiger partial charge in [-0.15, -0.1) is 10.2 Å². The lowest BCUT2D eigenvalue weighted by Gasteiger charge is -2.28. The van der Waals surface area contributed by atoms with Crippen LogP contribution in [0.2, 0.25) is 5.02 Å². The lowest BCUT2D eigenvalue weighted by atomic mass is 9.86. The van der Waals surface area contributed by atoms with Gasteiger partial charge in [0, 0.05) is 29.6 Å². The summed E-state index contributed by atoms with van der Waals surface area (Å²) in [6, 6.07) is 11.4. The molecule has 0 amide bonds. The molecule has 1 aromatic carbocycles. The number of benzene rings is 1. The maximum absolute atomic E-state index is 12.4. The lowest BCUT2D eigenvalue weighted by molar-refractivity contribution is -0.117. The van der Waals surface area contributed by atoms with Crippen molar-refractivity contribution in [1.29, 1.82) is 0 Å². The first-order chi connectivity index (χ1) is 14.2. The molecule has 3 heterocycles. The van der Waals surface area contributed by atoms with E-state index >= 15 is 0 Å². The van der Waals surface area contributed by atoms with Crippen LogP contribution < -0.4 is 4.74 Å². The number of fused-ring (bicyclic) bond motifs is 3. The van der Waals surface area contributed by atoms with Crippen molar-refractivity contribution in [2.24, 2.45) is 0 Å². The number of rotatable bonds is 3. The molecule has 0 unspecified atom stereocenters. The molecule has 7 heteroatoms. The van der Waals surface area contributed by atoms with E-state index in [1.807, 2.05) is 36.4 Å². The molecule has 0 bridgehead atoms. The van der Waals surface area contributed by atoms with Crippen LogP contribution >= 0.6 is 11.6 Å². The molecule has 0 saturated heterocycles. The highest BCUT2D eigenvalue weighted by atomic mass is 35.5. The van der Waals surface area contributed by atoms with E-state index in [0.29, 0.717) is 23.7 Å². The molecular weight excluding hydrogens is 388 g/mol. The van der Waals surface area contributed by atoms with Crippen LogP contribution in [0, 0.1) is 0 Å². The van der Waals surface area contributed by atoms with Crippen molar-refractivity contribution in [3.05, 3.63) is 64.8 Å². The van der Waals surface area contributed by atoms with Crippen molar-refractivity contribution >= 4 is 17.4 Å². The third kappa shape index (κ3) is 3.65. The van der Waals surface area contributed by atoms with Crippen LogP contribution in [0.5, 0.6) is 5.88 Å². The Labute approximate surface area is 173 Å². The Hall–Kier alpha value is -2.73. The smallest absolute Gasteiger partial charge is 0.213 e. The number of ketones is 1. The molecule has 1 fully saturated rings. The maximum Gasteiger partial charge on any atom is 0.213 e. The first-order valence-electron chi connectivity index (χ1n) is 10.00. The minimum atomic E-state index is 0.138. The van der Waals surface area contributed by atoms with E-state index in [2.05, 4.69) is 19.7 Å². The third-order valence-electron chi connectivity index (χ3n) is 5.74. The molecule has 1 aliphatic carbocycles. The van der Waals surface area contributed by atoms with Crippen LogP contribution in [-0.2, 0) is 17.6 Å². The third-order valence-corrected chi connectivity index (χ3v) is 5.98. The summed E-state index contributed by atoms with van der Waals surface area (Å²) < 4.78 is 8.11. The molecule has 148 valence electrons. The van der Waals surface area contributed by atoms with E-state index in [0.717, 1.165) is 48.6 Å². The number of aromatic nitrogens is 4. The minimum absolute atomic E-state index is 0.138. The highest BCUT2D eigenvalue weighted by Crippen LogP contribution is 2.36. The van der Waals surface area contributed by atoms with Gasteiger partial charge in [0.25, 0.3) is 0 Å². The summed E-state index contributed by atoms with van der Waals surface area (Å²) in [5, 5.41) is 9.51. The second-order valence-electron chi connectivity index (χ2n) is 7.73. The highest BCUT2D eigenvalue weighted by Gasteiger charge is 2.31. The number of halogens is 1. The van der Waals surface area contributed by atoms with E-state index in [-0.39, 0.29) is 17.8 Å². The zero-order valence-electron chi connectivity index (χ0n) is 15.9. The Morgan fingerprint density at radius 3 is 2.69 bits per heavy atom. The molecule has 0 spiro atoms. The van der Waals surface area contributed by atoms with E-state index in [1.54, 1.807) is 6.20 Å². The predicted octanol–water partition coefficient (Wildman–Crippen LogP) is 4.09. The molecule has 1 aliphatic heterocycles. The fourth-order valence-electron chi connectivity index (χ4n) is 4.36. The van der Waals surface area contributed by atoms with Crippen LogP contribution in [0.3, 0.4) is 0 Å².